The summed E-state index contributed by atoms with van der Waals surface area (Å²) >= 11 is 0. The molecule has 0 spiro atoms. The summed E-state index contributed by atoms with van der Waals surface area (Å²) in [6, 6.07) is 9.17. The van der Waals surface area contributed by atoms with Crippen molar-refractivity contribution in [2.24, 2.45) is 0 Å². The molecule has 0 saturated carbocycles. The molecule has 2 aromatic rings. The highest BCUT2D eigenvalue weighted by Crippen LogP contribution is 2.31. The summed E-state index contributed by atoms with van der Waals surface area (Å²) in [7, 11) is 0. The minimum Gasteiger partial charge on any atom is -0.488 e. The van der Waals surface area contributed by atoms with Crippen molar-refractivity contribution < 1.29 is 19.7 Å². The minimum absolute atomic E-state index is 0.103. The molecule has 4 atom stereocenters. The molecular weight excluding hydrogens is 416 g/mol. The monoisotopic (exact) mass is 454 g/mol. The summed E-state index contributed by atoms with van der Waals surface area (Å²) in [6.07, 6.45) is 2.74. The van der Waals surface area contributed by atoms with Crippen LogP contribution in [0.15, 0.2) is 24.3 Å². The van der Waals surface area contributed by atoms with Crippen LogP contribution in [0.3, 0.4) is 0 Å². The molecule has 2 aliphatic heterocycles. The lowest BCUT2D eigenvalue weighted by molar-refractivity contribution is 0.204. The first kappa shape index (κ1) is 24.0. The standard InChI is InChI=1S/C27H38N2O4/c1-16-5-20(6-17(2)26(16)32-24-10-22(14-30)28-12-24)9-21-7-18(3)27(19(4)8-21)33-25-11-23(15-31)29-13-25/h5-8,22-25,28-31H,9-15H2,1-4H3/t22-,23-,24-,25-/m0/s1. The third-order valence-corrected chi connectivity index (χ3v) is 6.82. The molecule has 2 heterocycles. The Morgan fingerprint density at radius 2 is 1.06 bits per heavy atom. The second-order valence-corrected chi connectivity index (χ2v) is 9.82. The highest BCUT2D eigenvalue weighted by molar-refractivity contribution is 5.48. The van der Waals surface area contributed by atoms with Crippen molar-refractivity contribution in [3.63, 3.8) is 0 Å². The van der Waals surface area contributed by atoms with Gasteiger partial charge in [0.1, 0.15) is 23.7 Å². The Balaban J connectivity index is 1.44. The Kier molecular flexibility index (Phi) is 7.59. The van der Waals surface area contributed by atoms with E-state index in [1.165, 1.54) is 11.1 Å². The summed E-state index contributed by atoms with van der Waals surface area (Å²) in [5.41, 5.74) is 7.15. The molecular formula is C27H38N2O4. The fourth-order valence-corrected chi connectivity index (χ4v) is 5.25. The minimum atomic E-state index is 0.103. The molecule has 6 nitrogen and oxygen atoms in total. The van der Waals surface area contributed by atoms with E-state index in [-0.39, 0.29) is 37.5 Å². The van der Waals surface area contributed by atoms with Crippen LogP contribution in [0.25, 0.3) is 0 Å². The van der Waals surface area contributed by atoms with Crippen LogP contribution in [-0.4, -0.2) is 60.8 Å². The molecule has 2 aromatic carbocycles. The zero-order valence-electron chi connectivity index (χ0n) is 20.3. The van der Waals surface area contributed by atoms with Gasteiger partial charge in [-0.2, -0.15) is 0 Å². The van der Waals surface area contributed by atoms with Gasteiger partial charge in [-0.3, -0.25) is 0 Å². The summed E-state index contributed by atoms with van der Waals surface area (Å²) < 4.78 is 12.6. The number of aliphatic hydroxyl groups excluding tert-OH is 2. The van der Waals surface area contributed by atoms with Crippen molar-refractivity contribution in [3.8, 4) is 11.5 Å². The number of aliphatic hydroxyl groups is 2. The number of ether oxygens (including phenoxy) is 2. The lowest BCUT2D eigenvalue weighted by atomic mass is 9.97. The third-order valence-electron chi connectivity index (χ3n) is 6.82. The van der Waals surface area contributed by atoms with Crippen molar-refractivity contribution in [2.45, 2.75) is 71.2 Å². The molecule has 2 fully saturated rings. The van der Waals surface area contributed by atoms with Crippen molar-refractivity contribution in [3.05, 3.63) is 57.6 Å². The fraction of sp³-hybridized carbons (Fsp3) is 0.556. The fourth-order valence-electron chi connectivity index (χ4n) is 5.25. The van der Waals surface area contributed by atoms with Gasteiger partial charge in [-0.25, -0.2) is 0 Å². The molecule has 4 rings (SSSR count). The molecule has 4 N–H and O–H groups in total. The summed E-state index contributed by atoms with van der Waals surface area (Å²) in [4.78, 5) is 0. The Labute approximate surface area is 197 Å². The number of aryl methyl sites for hydroxylation is 4. The zero-order chi connectivity index (χ0) is 23.5. The normalized spacial score (nSPS) is 24.9. The molecule has 2 saturated heterocycles. The topological polar surface area (TPSA) is 83.0 Å². The Morgan fingerprint density at radius 3 is 1.36 bits per heavy atom. The maximum atomic E-state index is 9.35. The SMILES string of the molecule is Cc1cc(Cc2cc(C)c(O[C@@H]3CN[C@H](CO)C3)c(C)c2)cc(C)c1O[C@@H]1CN[C@H](CO)C1. The average Bonchev–Trinajstić information content (AvgIpc) is 3.42. The van der Waals surface area contributed by atoms with Gasteiger partial charge in [0.15, 0.2) is 0 Å². The molecule has 0 radical (unpaired) electrons. The van der Waals surface area contributed by atoms with E-state index in [1.54, 1.807) is 0 Å². The zero-order valence-corrected chi connectivity index (χ0v) is 20.3. The van der Waals surface area contributed by atoms with Crippen LogP contribution >= 0.6 is 0 Å². The Hall–Kier alpha value is -2.12. The molecule has 0 unspecified atom stereocenters. The molecule has 2 aliphatic rings. The van der Waals surface area contributed by atoms with Gasteiger partial charge in [-0.1, -0.05) is 24.3 Å². The van der Waals surface area contributed by atoms with E-state index >= 15 is 0 Å². The van der Waals surface area contributed by atoms with Crippen molar-refractivity contribution in [1.82, 2.24) is 10.6 Å². The van der Waals surface area contributed by atoms with E-state index in [4.69, 9.17) is 9.47 Å². The first-order chi connectivity index (χ1) is 15.9. The lowest BCUT2D eigenvalue weighted by Gasteiger charge is -2.20. The molecule has 0 bridgehead atoms. The van der Waals surface area contributed by atoms with E-state index < -0.39 is 0 Å². The van der Waals surface area contributed by atoms with Crippen LogP contribution in [0.4, 0.5) is 0 Å². The third kappa shape index (κ3) is 5.69. The van der Waals surface area contributed by atoms with Crippen LogP contribution in [0, 0.1) is 27.7 Å². The molecule has 0 aliphatic carbocycles. The molecule has 0 amide bonds. The van der Waals surface area contributed by atoms with E-state index in [2.05, 4.69) is 62.6 Å². The molecule has 6 heteroatoms. The Bertz CT molecular complexity index is 853. The highest BCUT2D eigenvalue weighted by Gasteiger charge is 2.27. The summed E-state index contributed by atoms with van der Waals surface area (Å²) in [5, 5.41) is 25.3. The van der Waals surface area contributed by atoms with Gasteiger partial charge in [-0.15, -0.1) is 0 Å². The predicted octanol–water partition coefficient (Wildman–Crippen LogP) is 2.71. The maximum absolute atomic E-state index is 9.35. The number of rotatable bonds is 8. The number of hydrogen-bond donors (Lipinski definition) is 4. The quantitative estimate of drug-likeness (QED) is 0.491. The van der Waals surface area contributed by atoms with Crippen LogP contribution in [0.1, 0.15) is 46.2 Å². The average molecular weight is 455 g/mol. The Morgan fingerprint density at radius 1 is 0.697 bits per heavy atom. The molecule has 180 valence electrons. The molecule has 0 aromatic heterocycles. The molecule has 33 heavy (non-hydrogen) atoms. The summed E-state index contributed by atoms with van der Waals surface area (Å²) in [6.45, 7) is 10.3. The highest BCUT2D eigenvalue weighted by atomic mass is 16.5. The van der Waals surface area contributed by atoms with E-state index in [9.17, 15) is 10.2 Å². The van der Waals surface area contributed by atoms with Crippen LogP contribution in [0.2, 0.25) is 0 Å². The number of benzene rings is 2. The van der Waals surface area contributed by atoms with Gasteiger partial charge in [0.2, 0.25) is 0 Å². The van der Waals surface area contributed by atoms with Gasteiger partial charge < -0.3 is 30.3 Å². The maximum Gasteiger partial charge on any atom is 0.125 e. The van der Waals surface area contributed by atoms with Gasteiger partial charge >= 0.3 is 0 Å². The second kappa shape index (κ2) is 10.4. The second-order valence-electron chi connectivity index (χ2n) is 9.82. The van der Waals surface area contributed by atoms with Gasteiger partial charge in [0.25, 0.3) is 0 Å². The van der Waals surface area contributed by atoms with Gasteiger partial charge in [0, 0.05) is 38.0 Å². The van der Waals surface area contributed by atoms with Crippen LogP contribution in [-0.2, 0) is 6.42 Å². The number of hydrogen-bond acceptors (Lipinski definition) is 6. The summed E-state index contributed by atoms with van der Waals surface area (Å²) in [5.74, 6) is 1.93. The largest absolute Gasteiger partial charge is 0.488 e. The van der Waals surface area contributed by atoms with E-state index in [0.29, 0.717) is 0 Å². The van der Waals surface area contributed by atoms with Gasteiger partial charge in [-0.05, 0) is 67.5 Å². The van der Waals surface area contributed by atoms with Crippen molar-refractivity contribution in [2.75, 3.05) is 26.3 Å². The van der Waals surface area contributed by atoms with Crippen molar-refractivity contribution >= 4 is 0 Å². The predicted molar refractivity (Wildman–Crippen MR) is 130 cm³/mol. The van der Waals surface area contributed by atoms with Gasteiger partial charge in [0.05, 0.1) is 13.2 Å². The van der Waals surface area contributed by atoms with Crippen LogP contribution < -0.4 is 20.1 Å². The van der Waals surface area contributed by atoms with E-state index in [0.717, 1.165) is 66.1 Å². The lowest BCUT2D eigenvalue weighted by Crippen LogP contribution is -2.25. The first-order valence-corrected chi connectivity index (χ1v) is 12.1. The van der Waals surface area contributed by atoms with Crippen molar-refractivity contribution in [1.29, 1.82) is 0 Å². The first-order valence-electron chi connectivity index (χ1n) is 12.1. The van der Waals surface area contributed by atoms with Crippen LogP contribution in [0.5, 0.6) is 11.5 Å². The van der Waals surface area contributed by atoms with E-state index in [1.807, 2.05) is 0 Å². The smallest absolute Gasteiger partial charge is 0.125 e. The number of nitrogens with one attached hydrogen (secondary N) is 2.